The van der Waals surface area contributed by atoms with Crippen LogP contribution >= 0.6 is 0 Å². The summed E-state index contributed by atoms with van der Waals surface area (Å²) in [7, 11) is 0. The smallest absolute Gasteiger partial charge is 0.267 e. The maximum Gasteiger partial charge on any atom is 0.267 e. The second-order valence-corrected chi connectivity index (χ2v) is 3.45. The minimum atomic E-state index is -0.526. The van der Waals surface area contributed by atoms with E-state index in [1.807, 2.05) is 0 Å². The summed E-state index contributed by atoms with van der Waals surface area (Å²) >= 11 is 0. The largest absolute Gasteiger partial charge is 0.364 e. The van der Waals surface area contributed by atoms with Crippen molar-refractivity contribution in [3.63, 3.8) is 0 Å². The van der Waals surface area contributed by atoms with E-state index < -0.39 is 5.91 Å². The first-order valence-electron chi connectivity index (χ1n) is 4.62. The highest BCUT2D eigenvalue weighted by Crippen LogP contribution is 2.28. The molecule has 0 atom stereocenters. The first-order valence-corrected chi connectivity index (χ1v) is 4.62. The fourth-order valence-electron chi connectivity index (χ4n) is 1.14. The Morgan fingerprint density at radius 1 is 1.64 bits per heavy atom. The molecular formula is C9H12N4O. The van der Waals surface area contributed by atoms with Gasteiger partial charge in [-0.2, -0.15) is 0 Å². The summed E-state index contributed by atoms with van der Waals surface area (Å²) in [4.78, 5) is 18.8. The van der Waals surface area contributed by atoms with Crippen LogP contribution in [0.4, 0.5) is 5.95 Å². The lowest BCUT2D eigenvalue weighted by Gasteiger charge is -2.03. The van der Waals surface area contributed by atoms with Gasteiger partial charge in [-0.1, -0.05) is 0 Å². The van der Waals surface area contributed by atoms with Crippen LogP contribution in [0.1, 0.15) is 23.3 Å². The van der Waals surface area contributed by atoms with E-state index in [0.717, 1.165) is 12.5 Å². The molecule has 0 aliphatic heterocycles. The first-order chi connectivity index (χ1) is 6.75. The van der Waals surface area contributed by atoms with Gasteiger partial charge in [-0.05, 0) is 24.8 Å². The van der Waals surface area contributed by atoms with Gasteiger partial charge in [0.1, 0.15) is 5.69 Å². The van der Waals surface area contributed by atoms with Crippen LogP contribution in [-0.4, -0.2) is 22.4 Å². The number of rotatable bonds is 4. The van der Waals surface area contributed by atoms with Gasteiger partial charge in [0.2, 0.25) is 5.95 Å². The van der Waals surface area contributed by atoms with Gasteiger partial charge in [0.05, 0.1) is 0 Å². The molecule has 1 saturated carbocycles. The molecule has 0 unspecified atom stereocenters. The van der Waals surface area contributed by atoms with Gasteiger partial charge in [-0.3, -0.25) is 4.79 Å². The lowest BCUT2D eigenvalue weighted by molar-refractivity contribution is 0.0995. The number of amides is 1. The first kappa shape index (κ1) is 8.93. The summed E-state index contributed by atoms with van der Waals surface area (Å²) in [6, 6.07) is 1.50. The highest BCUT2D eigenvalue weighted by atomic mass is 16.1. The highest BCUT2D eigenvalue weighted by Gasteiger charge is 2.20. The number of nitrogens with two attached hydrogens (primary N) is 1. The molecule has 1 heterocycles. The Labute approximate surface area is 81.7 Å². The number of nitrogens with zero attached hydrogens (tertiary/aromatic N) is 2. The zero-order valence-electron chi connectivity index (χ0n) is 7.73. The number of hydrogen-bond acceptors (Lipinski definition) is 4. The zero-order valence-corrected chi connectivity index (χ0v) is 7.73. The lowest BCUT2D eigenvalue weighted by Crippen LogP contribution is -2.15. The molecule has 0 bridgehead atoms. The van der Waals surface area contributed by atoms with Gasteiger partial charge >= 0.3 is 0 Å². The van der Waals surface area contributed by atoms with E-state index in [9.17, 15) is 4.79 Å². The van der Waals surface area contributed by atoms with Crippen LogP contribution in [0.5, 0.6) is 0 Å². The molecule has 14 heavy (non-hydrogen) atoms. The van der Waals surface area contributed by atoms with Crippen LogP contribution in [0.2, 0.25) is 0 Å². The van der Waals surface area contributed by atoms with Crippen molar-refractivity contribution in [1.29, 1.82) is 0 Å². The number of anilines is 1. The number of carbonyl (C=O) groups is 1. The Bertz CT molecular complexity index is 348. The predicted octanol–water partition coefficient (Wildman–Crippen LogP) is 0.397. The van der Waals surface area contributed by atoms with Crippen molar-refractivity contribution in [2.24, 2.45) is 11.7 Å². The topological polar surface area (TPSA) is 80.9 Å². The van der Waals surface area contributed by atoms with E-state index in [-0.39, 0.29) is 5.69 Å². The van der Waals surface area contributed by atoms with Gasteiger partial charge < -0.3 is 11.1 Å². The summed E-state index contributed by atoms with van der Waals surface area (Å²) in [5.41, 5.74) is 5.34. The van der Waals surface area contributed by atoms with Crippen LogP contribution in [0.3, 0.4) is 0 Å². The van der Waals surface area contributed by atoms with Gasteiger partial charge in [-0.25, -0.2) is 9.97 Å². The van der Waals surface area contributed by atoms with Crippen LogP contribution in [0.25, 0.3) is 0 Å². The van der Waals surface area contributed by atoms with Crippen molar-refractivity contribution in [3.05, 3.63) is 18.0 Å². The lowest BCUT2D eigenvalue weighted by atomic mass is 10.4. The van der Waals surface area contributed by atoms with Gasteiger partial charge in [-0.15, -0.1) is 0 Å². The molecule has 3 N–H and O–H groups in total. The number of primary amides is 1. The summed E-state index contributed by atoms with van der Waals surface area (Å²) < 4.78 is 0. The SMILES string of the molecule is NC(=O)c1ccnc(NCC2CC2)n1. The molecule has 1 aromatic heterocycles. The molecule has 0 radical (unpaired) electrons. The molecule has 5 nitrogen and oxygen atoms in total. The third kappa shape index (κ3) is 2.18. The van der Waals surface area contributed by atoms with E-state index in [1.165, 1.54) is 25.1 Å². The molecule has 1 amide bonds. The van der Waals surface area contributed by atoms with Gasteiger partial charge in [0, 0.05) is 12.7 Å². The summed E-state index contributed by atoms with van der Waals surface area (Å²) in [5, 5.41) is 3.07. The number of aromatic nitrogens is 2. The Hall–Kier alpha value is -1.65. The van der Waals surface area contributed by atoms with Crippen molar-refractivity contribution in [1.82, 2.24) is 9.97 Å². The Kier molecular flexibility index (Phi) is 2.30. The van der Waals surface area contributed by atoms with E-state index in [1.54, 1.807) is 0 Å². The molecular weight excluding hydrogens is 180 g/mol. The molecule has 2 rings (SSSR count). The minimum Gasteiger partial charge on any atom is -0.364 e. The molecule has 5 heteroatoms. The van der Waals surface area contributed by atoms with Crippen LogP contribution in [0, 0.1) is 5.92 Å². The summed E-state index contributed by atoms with van der Waals surface area (Å²) in [6.45, 7) is 0.877. The maximum atomic E-state index is 10.8. The monoisotopic (exact) mass is 192 g/mol. The Balaban J connectivity index is 2.01. The van der Waals surface area contributed by atoms with Crippen LogP contribution < -0.4 is 11.1 Å². The third-order valence-corrected chi connectivity index (χ3v) is 2.15. The van der Waals surface area contributed by atoms with E-state index in [0.29, 0.717) is 5.95 Å². The Morgan fingerprint density at radius 2 is 2.43 bits per heavy atom. The molecule has 0 saturated heterocycles. The minimum absolute atomic E-state index is 0.248. The van der Waals surface area contributed by atoms with Crippen LogP contribution in [0.15, 0.2) is 12.3 Å². The second kappa shape index (κ2) is 3.61. The van der Waals surface area contributed by atoms with Crippen molar-refractivity contribution >= 4 is 11.9 Å². The third-order valence-electron chi connectivity index (χ3n) is 2.15. The number of nitrogens with one attached hydrogen (secondary N) is 1. The van der Waals surface area contributed by atoms with E-state index in [4.69, 9.17) is 5.73 Å². The molecule has 1 fully saturated rings. The molecule has 1 aliphatic rings. The maximum absolute atomic E-state index is 10.8. The van der Waals surface area contributed by atoms with Crippen molar-refractivity contribution in [2.75, 3.05) is 11.9 Å². The average Bonchev–Trinajstić information content (AvgIpc) is 2.99. The van der Waals surface area contributed by atoms with Crippen molar-refractivity contribution in [3.8, 4) is 0 Å². The van der Waals surface area contributed by atoms with Crippen LogP contribution in [-0.2, 0) is 0 Å². The summed E-state index contributed by atoms with van der Waals surface area (Å²) in [5.74, 6) is 0.700. The van der Waals surface area contributed by atoms with Crippen molar-refractivity contribution in [2.45, 2.75) is 12.8 Å². The van der Waals surface area contributed by atoms with E-state index >= 15 is 0 Å². The van der Waals surface area contributed by atoms with Crippen molar-refractivity contribution < 1.29 is 4.79 Å². The number of hydrogen-bond donors (Lipinski definition) is 2. The molecule has 0 aromatic carbocycles. The van der Waals surface area contributed by atoms with Gasteiger partial charge in [0.25, 0.3) is 5.91 Å². The fraction of sp³-hybridized carbons (Fsp3) is 0.444. The standard InChI is InChI=1S/C9H12N4O/c10-8(14)7-3-4-11-9(13-7)12-5-6-1-2-6/h3-4,6H,1-2,5H2,(H2,10,14)(H,11,12,13). The molecule has 74 valence electrons. The molecule has 0 spiro atoms. The Morgan fingerprint density at radius 3 is 3.07 bits per heavy atom. The number of carbonyl (C=O) groups excluding carboxylic acids is 1. The highest BCUT2D eigenvalue weighted by molar-refractivity contribution is 5.90. The van der Waals surface area contributed by atoms with Gasteiger partial charge in [0.15, 0.2) is 0 Å². The predicted molar refractivity (Wildman–Crippen MR) is 51.8 cm³/mol. The van der Waals surface area contributed by atoms with E-state index in [2.05, 4.69) is 15.3 Å². The zero-order chi connectivity index (χ0) is 9.97. The molecule has 1 aromatic rings. The quantitative estimate of drug-likeness (QED) is 0.723. The fourth-order valence-corrected chi connectivity index (χ4v) is 1.14. The average molecular weight is 192 g/mol. The summed E-state index contributed by atoms with van der Waals surface area (Å²) in [6.07, 6.45) is 4.06. The normalized spacial score (nSPS) is 15.1. The second-order valence-electron chi connectivity index (χ2n) is 3.45. The molecule has 1 aliphatic carbocycles.